The van der Waals surface area contributed by atoms with Gasteiger partial charge in [0.15, 0.2) is 0 Å². The molecular weight excluding hydrogens is 191 g/mol. The summed E-state index contributed by atoms with van der Waals surface area (Å²) >= 11 is 0. The maximum absolute atomic E-state index is 10.5. The largest absolute Gasteiger partial charge is 1.00 e. The predicted molar refractivity (Wildman–Crippen MR) is 46.2 cm³/mol. The van der Waals surface area contributed by atoms with Gasteiger partial charge in [0.05, 0.1) is 5.97 Å². The molecular formula is C10H11NaO3. The normalized spacial score (nSPS) is 11.2. The summed E-state index contributed by atoms with van der Waals surface area (Å²) in [5.74, 6) is -0.620. The first kappa shape index (κ1) is 13.5. The molecule has 0 saturated carbocycles. The minimum atomic E-state index is -1.17. The van der Waals surface area contributed by atoms with Crippen LogP contribution in [-0.4, -0.2) is 12.1 Å². The molecule has 0 spiro atoms. The quantitative estimate of drug-likeness (QED) is 0.511. The summed E-state index contributed by atoms with van der Waals surface area (Å²) < 4.78 is 5.16. The summed E-state index contributed by atoms with van der Waals surface area (Å²) in [4.78, 5) is 10.5. The van der Waals surface area contributed by atoms with E-state index >= 15 is 0 Å². The monoisotopic (exact) mass is 202 g/mol. The molecule has 0 saturated heterocycles. The fourth-order valence-electron chi connectivity index (χ4n) is 0.961. The van der Waals surface area contributed by atoms with Crippen LogP contribution in [0.4, 0.5) is 0 Å². The first-order valence-electron chi connectivity index (χ1n) is 4.16. The Balaban J connectivity index is 0.00000169. The van der Waals surface area contributed by atoms with Gasteiger partial charge >= 0.3 is 29.6 Å². The second-order valence-corrected chi connectivity index (χ2v) is 2.65. The molecule has 0 N–H and O–H groups in total. The molecule has 0 radical (unpaired) electrons. The molecule has 4 heteroatoms. The molecule has 0 heterocycles. The van der Waals surface area contributed by atoms with Crippen molar-refractivity contribution in [2.24, 2.45) is 0 Å². The van der Waals surface area contributed by atoms with Crippen molar-refractivity contribution < 1.29 is 44.2 Å². The second-order valence-electron chi connectivity index (χ2n) is 2.65. The fourth-order valence-corrected chi connectivity index (χ4v) is 0.961. The molecule has 1 rings (SSSR count). The fraction of sp³-hybridized carbons (Fsp3) is 0.300. The van der Waals surface area contributed by atoms with Gasteiger partial charge in [0.25, 0.3) is 0 Å². The summed E-state index contributed by atoms with van der Waals surface area (Å²) in [7, 11) is 0. The Hall–Kier alpha value is -0.510. The third-order valence-corrected chi connectivity index (χ3v) is 1.66. The summed E-state index contributed by atoms with van der Waals surface area (Å²) in [6.45, 7) is 1.74. The molecule has 1 aromatic carbocycles. The number of carboxylic acids is 1. The molecule has 0 aromatic heterocycles. The predicted octanol–water partition coefficient (Wildman–Crippen LogP) is -2.40. The Kier molecular flexibility index (Phi) is 6.62. The summed E-state index contributed by atoms with van der Waals surface area (Å²) in [6.07, 6.45) is -0.459. The number of ether oxygens (including phenoxy) is 1. The van der Waals surface area contributed by atoms with Crippen LogP contribution in [0.5, 0.6) is 5.75 Å². The van der Waals surface area contributed by atoms with Crippen LogP contribution < -0.4 is 39.4 Å². The number of hydrogen-bond donors (Lipinski definition) is 0. The van der Waals surface area contributed by atoms with Crippen LogP contribution in [0.15, 0.2) is 30.3 Å². The Morgan fingerprint density at radius 3 is 2.43 bits per heavy atom. The van der Waals surface area contributed by atoms with E-state index in [1.807, 2.05) is 6.07 Å². The van der Waals surface area contributed by atoms with Gasteiger partial charge in [-0.25, -0.2) is 0 Å². The van der Waals surface area contributed by atoms with E-state index < -0.39 is 12.1 Å². The van der Waals surface area contributed by atoms with Crippen molar-refractivity contribution in [3.8, 4) is 5.75 Å². The minimum absolute atomic E-state index is 0. The molecule has 0 aliphatic heterocycles. The van der Waals surface area contributed by atoms with Crippen molar-refractivity contribution in [1.29, 1.82) is 0 Å². The van der Waals surface area contributed by atoms with Crippen LogP contribution in [0.2, 0.25) is 0 Å². The topological polar surface area (TPSA) is 49.4 Å². The third kappa shape index (κ3) is 4.13. The van der Waals surface area contributed by atoms with Gasteiger partial charge in [-0.3, -0.25) is 0 Å². The minimum Gasteiger partial charge on any atom is -0.546 e. The van der Waals surface area contributed by atoms with Gasteiger partial charge in [0, 0.05) is 0 Å². The van der Waals surface area contributed by atoms with Gasteiger partial charge in [-0.1, -0.05) is 25.1 Å². The Bertz CT molecular complexity index is 274. The van der Waals surface area contributed by atoms with Crippen molar-refractivity contribution in [1.82, 2.24) is 0 Å². The molecule has 1 atom stereocenters. The average molecular weight is 202 g/mol. The molecule has 70 valence electrons. The number of hydrogen-bond acceptors (Lipinski definition) is 3. The zero-order valence-corrected chi connectivity index (χ0v) is 10.4. The number of carbonyl (C=O) groups is 1. The second kappa shape index (κ2) is 6.87. The van der Waals surface area contributed by atoms with E-state index in [-0.39, 0.29) is 29.6 Å². The first-order valence-corrected chi connectivity index (χ1v) is 4.16. The number of benzene rings is 1. The maximum Gasteiger partial charge on any atom is 1.00 e. The Morgan fingerprint density at radius 1 is 1.43 bits per heavy atom. The van der Waals surface area contributed by atoms with E-state index in [0.29, 0.717) is 12.2 Å². The van der Waals surface area contributed by atoms with Gasteiger partial charge in [0.1, 0.15) is 11.9 Å². The molecule has 0 amide bonds. The molecule has 3 nitrogen and oxygen atoms in total. The van der Waals surface area contributed by atoms with Gasteiger partial charge < -0.3 is 14.6 Å². The summed E-state index contributed by atoms with van der Waals surface area (Å²) in [5.41, 5.74) is 0. The first-order chi connectivity index (χ1) is 6.24. The van der Waals surface area contributed by atoms with Crippen LogP contribution in [0.25, 0.3) is 0 Å². The number of rotatable bonds is 4. The zero-order valence-electron chi connectivity index (χ0n) is 8.40. The van der Waals surface area contributed by atoms with E-state index in [2.05, 4.69) is 0 Å². The van der Waals surface area contributed by atoms with Gasteiger partial charge in [-0.15, -0.1) is 0 Å². The summed E-state index contributed by atoms with van der Waals surface area (Å²) in [5, 5.41) is 10.5. The van der Waals surface area contributed by atoms with Crippen LogP contribution in [-0.2, 0) is 4.79 Å². The van der Waals surface area contributed by atoms with Crippen molar-refractivity contribution in [3.05, 3.63) is 30.3 Å². The Morgan fingerprint density at radius 2 is 2.00 bits per heavy atom. The van der Waals surface area contributed by atoms with E-state index in [9.17, 15) is 9.90 Å². The van der Waals surface area contributed by atoms with E-state index in [1.165, 1.54) is 0 Å². The van der Waals surface area contributed by atoms with E-state index in [1.54, 1.807) is 31.2 Å². The smallest absolute Gasteiger partial charge is 0.546 e. The number of para-hydroxylation sites is 1. The maximum atomic E-state index is 10.5. The number of carbonyl (C=O) groups excluding carboxylic acids is 1. The molecule has 14 heavy (non-hydrogen) atoms. The van der Waals surface area contributed by atoms with Crippen LogP contribution >= 0.6 is 0 Å². The van der Waals surface area contributed by atoms with Gasteiger partial charge in [0.2, 0.25) is 0 Å². The molecule has 0 aliphatic rings. The SMILES string of the molecule is CCC(Oc1ccccc1)C(=O)[O-].[Na+]. The number of aliphatic carboxylic acids is 1. The molecule has 1 aromatic rings. The number of carboxylic acid groups (broad SMARTS) is 1. The van der Waals surface area contributed by atoms with Crippen molar-refractivity contribution in [2.45, 2.75) is 19.4 Å². The third-order valence-electron chi connectivity index (χ3n) is 1.66. The zero-order chi connectivity index (χ0) is 9.68. The van der Waals surface area contributed by atoms with Crippen LogP contribution in [0.3, 0.4) is 0 Å². The standard InChI is InChI=1S/C10H12O3.Na/c1-2-9(10(11)12)13-8-6-4-3-5-7-8;/h3-7,9H,2H2,1H3,(H,11,12);/q;+1/p-1. The average Bonchev–Trinajstić information content (AvgIpc) is 2.15. The molecule has 1 unspecified atom stereocenters. The molecule has 0 bridgehead atoms. The van der Waals surface area contributed by atoms with E-state index in [0.717, 1.165) is 0 Å². The van der Waals surface area contributed by atoms with Gasteiger partial charge in [-0.05, 0) is 18.6 Å². The van der Waals surface area contributed by atoms with Crippen molar-refractivity contribution >= 4 is 5.97 Å². The van der Waals surface area contributed by atoms with Crippen LogP contribution in [0, 0.1) is 0 Å². The van der Waals surface area contributed by atoms with Crippen molar-refractivity contribution in [3.63, 3.8) is 0 Å². The Labute approximate surface area is 105 Å². The summed E-state index contributed by atoms with van der Waals surface area (Å²) in [6, 6.07) is 8.85. The molecule has 0 fully saturated rings. The van der Waals surface area contributed by atoms with Gasteiger partial charge in [-0.2, -0.15) is 0 Å². The van der Waals surface area contributed by atoms with Crippen LogP contribution in [0.1, 0.15) is 13.3 Å². The van der Waals surface area contributed by atoms with E-state index in [4.69, 9.17) is 4.74 Å². The molecule has 0 aliphatic carbocycles. The van der Waals surface area contributed by atoms with Crippen molar-refractivity contribution in [2.75, 3.05) is 0 Å².